The first-order chi connectivity index (χ1) is 9.94. The van der Waals surface area contributed by atoms with Crippen LogP contribution in [-0.4, -0.2) is 32.0 Å². The largest absolute Gasteiger partial charge is 0.378 e. The Balaban J connectivity index is 1.82. The molecule has 1 atom stereocenters. The van der Waals surface area contributed by atoms with Gasteiger partial charge in [-0.1, -0.05) is 17.7 Å². The Labute approximate surface area is 128 Å². The van der Waals surface area contributed by atoms with Crippen molar-refractivity contribution in [3.63, 3.8) is 0 Å². The Bertz CT molecular complexity index is 583. The van der Waals surface area contributed by atoms with E-state index in [1.165, 1.54) is 12.3 Å². The van der Waals surface area contributed by atoms with Gasteiger partial charge >= 0.3 is 0 Å². The first kappa shape index (κ1) is 16.2. The van der Waals surface area contributed by atoms with E-state index in [1.807, 2.05) is 0 Å². The number of halogens is 1. The maximum Gasteiger partial charge on any atom is 0.239 e. The zero-order valence-corrected chi connectivity index (χ0v) is 13.0. The molecule has 1 amide bonds. The molecule has 1 aliphatic rings. The lowest BCUT2D eigenvalue weighted by atomic mass is 10.1. The number of rotatable bonds is 6. The molecule has 6 nitrogen and oxygen atoms in total. The molecule has 0 bridgehead atoms. The summed E-state index contributed by atoms with van der Waals surface area (Å²) in [5.41, 5.74) is 0.471. The maximum atomic E-state index is 11.9. The summed E-state index contributed by atoms with van der Waals surface area (Å²) in [4.78, 5) is 15.5. The lowest BCUT2D eigenvalue weighted by molar-refractivity contribution is -0.119. The quantitative estimate of drug-likeness (QED) is 0.800. The second-order valence-electron chi connectivity index (χ2n) is 4.95. The summed E-state index contributed by atoms with van der Waals surface area (Å²) in [7, 11) is -3.72. The van der Waals surface area contributed by atoms with E-state index < -0.39 is 15.9 Å². The highest BCUT2D eigenvalue weighted by Gasteiger charge is 2.19. The molecule has 0 saturated carbocycles. The molecule has 1 aromatic rings. The zero-order chi connectivity index (χ0) is 15.3. The van der Waals surface area contributed by atoms with Crippen LogP contribution >= 0.6 is 11.6 Å². The van der Waals surface area contributed by atoms with Gasteiger partial charge in [0.2, 0.25) is 15.9 Å². The van der Waals surface area contributed by atoms with Crippen LogP contribution in [0.5, 0.6) is 0 Å². The second kappa shape index (κ2) is 7.20. The Morgan fingerprint density at radius 2 is 2.29 bits per heavy atom. The van der Waals surface area contributed by atoms with Crippen molar-refractivity contribution < 1.29 is 17.9 Å². The first-order valence-corrected chi connectivity index (χ1v) is 8.73. The fraction of sp³-hybridized carbons (Fsp3) is 0.538. The number of nitrogens with one attached hydrogen (secondary N) is 1. The monoisotopic (exact) mass is 332 g/mol. The number of hydrogen-bond acceptors (Lipinski definition) is 5. The smallest absolute Gasteiger partial charge is 0.239 e. The van der Waals surface area contributed by atoms with Gasteiger partial charge in [-0.15, -0.1) is 0 Å². The molecule has 0 aromatic carbocycles. The van der Waals surface area contributed by atoms with Crippen LogP contribution in [0.25, 0.3) is 0 Å². The molecule has 0 aliphatic carbocycles. The summed E-state index contributed by atoms with van der Waals surface area (Å²) in [5.74, 6) is -0.810. The van der Waals surface area contributed by atoms with Gasteiger partial charge in [0.15, 0.2) is 0 Å². The molecule has 0 spiro atoms. The molecule has 8 heteroatoms. The van der Waals surface area contributed by atoms with Crippen molar-refractivity contribution in [1.29, 1.82) is 0 Å². The highest BCUT2D eigenvalue weighted by molar-refractivity contribution is 7.89. The lowest BCUT2D eigenvalue weighted by Crippen LogP contribution is -2.32. The summed E-state index contributed by atoms with van der Waals surface area (Å²) in [6.07, 6.45) is 4.05. The number of carbonyl (C=O) groups excluding carboxylic acids is 1. The predicted octanol–water partition coefficient (Wildman–Crippen LogP) is 1.64. The van der Waals surface area contributed by atoms with Crippen LogP contribution in [0.15, 0.2) is 18.3 Å². The average Bonchev–Trinajstić information content (AvgIpc) is 2.91. The minimum atomic E-state index is -3.72. The molecule has 2 heterocycles. The molecule has 21 heavy (non-hydrogen) atoms. The van der Waals surface area contributed by atoms with Crippen LogP contribution in [0.1, 0.15) is 31.2 Å². The van der Waals surface area contributed by atoms with Crippen LogP contribution in [0, 0.1) is 0 Å². The molecule has 0 radical (unpaired) electrons. The molecule has 2 rings (SSSR count). The second-order valence-corrected chi connectivity index (χ2v) is 7.06. The summed E-state index contributed by atoms with van der Waals surface area (Å²) >= 11 is 5.63. The van der Waals surface area contributed by atoms with E-state index in [2.05, 4.69) is 9.71 Å². The minimum absolute atomic E-state index is 0.0684. The van der Waals surface area contributed by atoms with Gasteiger partial charge in [-0.3, -0.25) is 9.52 Å². The summed E-state index contributed by atoms with van der Waals surface area (Å²) < 4.78 is 31.2. The number of carbonyl (C=O) groups is 1. The Kier molecular flexibility index (Phi) is 5.55. The predicted molar refractivity (Wildman–Crippen MR) is 78.2 cm³/mol. The van der Waals surface area contributed by atoms with Crippen LogP contribution in [0.3, 0.4) is 0 Å². The zero-order valence-electron chi connectivity index (χ0n) is 11.4. The molecule has 1 fully saturated rings. The van der Waals surface area contributed by atoms with Gasteiger partial charge in [0, 0.05) is 19.2 Å². The minimum Gasteiger partial charge on any atom is -0.378 e. The fourth-order valence-corrected chi connectivity index (χ4v) is 3.38. The summed E-state index contributed by atoms with van der Waals surface area (Å²) in [6, 6.07) is 3.07. The highest BCUT2D eigenvalue weighted by atomic mass is 35.5. The molecular formula is C13H17ClN2O4S. The summed E-state index contributed by atoms with van der Waals surface area (Å²) in [5, 5.41) is 0.289. The van der Waals surface area contributed by atoms with E-state index in [0.717, 1.165) is 12.8 Å². The number of nitrogens with zero attached hydrogens (tertiary/aromatic N) is 1. The van der Waals surface area contributed by atoms with Crippen LogP contribution in [-0.2, 0) is 25.3 Å². The van der Waals surface area contributed by atoms with Gasteiger partial charge in [-0.05, 0) is 30.9 Å². The van der Waals surface area contributed by atoms with E-state index >= 15 is 0 Å². The fourth-order valence-electron chi connectivity index (χ4n) is 2.14. The van der Waals surface area contributed by atoms with Crippen LogP contribution < -0.4 is 4.72 Å². The van der Waals surface area contributed by atoms with E-state index in [9.17, 15) is 13.2 Å². The third-order valence-electron chi connectivity index (χ3n) is 3.13. The lowest BCUT2D eigenvalue weighted by Gasteiger charge is -2.10. The highest BCUT2D eigenvalue weighted by Crippen LogP contribution is 2.16. The molecule has 1 unspecified atom stereocenters. The molecular weight excluding hydrogens is 316 g/mol. The van der Waals surface area contributed by atoms with E-state index in [1.54, 1.807) is 6.07 Å². The Hall–Kier alpha value is -1.18. The third-order valence-corrected chi connectivity index (χ3v) is 4.61. The summed E-state index contributed by atoms with van der Waals surface area (Å²) in [6.45, 7) is 0.716. The number of amides is 1. The maximum absolute atomic E-state index is 11.9. The SMILES string of the molecule is O=C(CCC1CCCO1)NS(=O)(=O)Cc1ccc(Cl)nc1. The van der Waals surface area contributed by atoms with Crippen molar-refractivity contribution in [2.45, 2.75) is 37.5 Å². The number of ether oxygens (including phenoxy) is 1. The van der Waals surface area contributed by atoms with Crippen molar-refractivity contribution in [3.8, 4) is 0 Å². The van der Waals surface area contributed by atoms with Crippen molar-refractivity contribution in [3.05, 3.63) is 29.0 Å². The van der Waals surface area contributed by atoms with Crippen LogP contribution in [0.4, 0.5) is 0 Å². The average molecular weight is 333 g/mol. The van der Waals surface area contributed by atoms with Gasteiger partial charge < -0.3 is 4.74 Å². The van der Waals surface area contributed by atoms with E-state index in [4.69, 9.17) is 16.3 Å². The molecule has 1 aliphatic heterocycles. The Morgan fingerprint density at radius 3 is 2.90 bits per heavy atom. The standard InChI is InChI=1S/C13H17ClN2O4S/c14-12-5-3-10(8-15-12)9-21(18,19)16-13(17)6-4-11-2-1-7-20-11/h3,5,8,11H,1-2,4,6-7,9H2,(H,16,17). The van der Waals surface area contributed by atoms with Gasteiger partial charge in [-0.2, -0.15) is 0 Å². The van der Waals surface area contributed by atoms with E-state index in [-0.39, 0.29) is 23.4 Å². The third kappa shape index (κ3) is 5.61. The topological polar surface area (TPSA) is 85.4 Å². The van der Waals surface area contributed by atoms with Gasteiger partial charge in [-0.25, -0.2) is 13.4 Å². The van der Waals surface area contributed by atoms with E-state index in [0.29, 0.717) is 18.6 Å². The van der Waals surface area contributed by atoms with Gasteiger partial charge in [0.1, 0.15) is 5.15 Å². The number of sulfonamides is 1. The number of pyridine rings is 1. The van der Waals surface area contributed by atoms with Crippen molar-refractivity contribution >= 4 is 27.5 Å². The first-order valence-electron chi connectivity index (χ1n) is 6.70. The number of hydrogen-bond donors (Lipinski definition) is 1. The normalized spacial score (nSPS) is 18.6. The van der Waals surface area contributed by atoms with Gasteiger partial charge in [0.25, 0.3) is 0 Å². The number of aromatic nitrogens is 1. The Morgan fingerprint density at radius 1 is 1.48 bits per heavy atom. The molecule has 1 N–H and O–H groups in total. The van der Waals surface area contributed by atoms with Crippen molar-refractivity contribution in [2.75, 3.05) is 6.61 Å². The molecule has 1 aromatic heterocycles. The van der Waals surface area contributed by atoms with Crippen molar-refractivity contribution in [1.82, 2.24) is 9.71 Å². The van der Waals surface area contributed by atoms with Crippen molar-refractivity contribution in [2.24, 2.45) is 0 Å². The molecule has 116 valence electrons. The van der Waals surface area contributed by atoms with Crippen LogP contribution in [0.2, 0.25) is 5.15 Å². The van der Waals surface area contributed by atoms with Gasteiger partial charge in [0.05, 0.1) is 11.9 Å². The molecule has 1 saturated heterocycles.